The molecule has 0 heterocycles. The molecular formula is C16H18FNO2. The maximum Gasteiger partial charge on any atom is 0.284 e. The summed E-state index contributed by atoms with van der Waals surface area (Å²) >= 11 is 0. The van der Waals surface area contributed by atoms with Crippen molar-refractivity contribution in [3.05, 3.63) is 58.3 Å². The first-order valence-corrected chi connectivity index (χ1v) is 6.32. The second-order valence-corrected chi connectivity index (χ2v) is 4.95. The van der Waals surface area contributed by atoms with Gasteiger partial charge in [0.15, 0.2) is 0 Å². The lowest BCUT2D eigenvalue weighted by molar-refractivity contribution is 0.231. The summed E-state index contributed by atoms with van der Waals surface area (Å²) in [6.07, 6.45) is 5.86. The third-order valence-electron chi connectivity index (χ3n) is 3.04. The van der Waals surface area contributed by atoms with E-state index in [-0.39, 0.29) is 11.8 Å². The fourth-order valence-corrected chi connectivity index (χ4v) is 2.12. The highest BCUT2D eigenvalue weighted by Gasteiger charge is 2.07. The third kappa shape index (κ3) is 3.08. The molecule has 1 aromatic rings. The zero-order valence-electron chi connectivity index (χ0n) is 11.9. The van der Waals surface area contributed by atoms with E-state index in [9.17, 15) is 9.50 Å². The van der Waals surface area contributed by atoms with E-state index in [4.69, 9.17) is 0 Å². The molecule has 0 fully saturated rings. The van der Waals surface area contributed by atoms with Gasteiger partial charge in [0, 0.05) is 11.8 Å². The number of rotatable bonds is 3. The maximum absolute atomic E-state index is 14.1. The Labute approximate surface area is 117 Å². The quantitative estimate of drug-likeness (QED) is 0.902. The fraction of sp³-hybridized carbons (Fsp3) is 0.250. The van der Waals surface area contributed by atoms with Gasteiger partial charge in [0.05, 0.1) is 12.3 Å². The van der Waals surface area contributed by atoms with E-state index >= 15 is 0 Å². The predicted octanol–water partition coefficient (Wildman–Crippen LogP) is 1.30. The Bertz CT molecular complexity index is 687. The molecular weight excluding hydrogens is 257 g/mol. The van der Waals surface area contributed by atoms with E-state index in [1.807, 2.05) is 32.3 Å². The van der Waals surface area contributed by atoms with E-state index in [1.165, 1.54) is 13.2 Å². The molecule has 1 aromatic carbocycles. The summed E-state index contributed by atoms with van der Waals surface area (Å²) in [5, 5.41) is 10.3. The molecule has 0 amide bonds. The number of hydrogen-bond donors (Lipinski definition) is 1. The van der Waals surface area contributed by atoms with Gasteiger partial charge in [0.2, 0.25) is 0 Å². The molecule has 0 radical (unpaired) electrons. The molecule has 1 N–H and O–H groups in total. The summed E-state index contributed by atoms with van der Waals surface area (Å²) in [7, 11) is 5.32. The van der Waals surface area contributed by atoms with Gasteiger partial charge in [-0.2, -0.15) is 0 Å². The van der Waals surface area contributed by atoms with Gasteiger partial charge in [-0.3, -0.25) is 0 Å². The monoisotopic (exact) mass is 275 g/mol. The van der Waals surface area contributed by atoms with Crippen LogP contribution in [-0.4, -0.2) is 37.8 Å². The molecule has 1 aliphatic carbocycles. The highest BCUT2D eigenvalue weighted by Crippen LogP contribution is 2.15. The lowest BCUT2D eigenvalue weighted by Crippen LogP contribution is -2.17. The Morgan fingerprint density at radius 2 is 2.05 bits per heavy atom. The molecule has 2 rings (SSSR count). The molecule has 0 aromatic heterocycles. The average molecular weight is 275 g/mol. The molecule has 0 saturated heterocycles. The summed E-state index contributed by atoms with van der Waals surface area (Å²) in [6, 6.07) is 4.55. The molecule has 106 valence electrons. The lowest BCUT2D eigenvalue weighted by atomic mass is 10.1. The van der Waals surface area contributed by atoms with Crippen LogP contribution in [0, 0.1) is 5.82 Å². The normalized spacial score (nSPS) is 18.4. The van der Waals surface area contributed by atoms with Crippen LogP contribution in [-0.2, 0) is 4.74 Å². The Kier molecular flexibility index (Phi) is 4.25. The van der Waals surface area contributed by atoms with Gasteiger partial charge in [0.1, 0.15) is 5.82 Å². The molecule has 3 nitrogen and oxygen atoms in total. The van der Waals surface area contributed by atoms with Crippen LogP contribution >= 0.6 is 0 Å². The maximum atomic E-state index is 14.1. The Balaban J connectivity index is 2.48. The first-order valence-electron chi connectivity index (χ1n) is 6.32. The van der Waals surface area contributed by atoms with Crippen molar-refractivity contribution in [3.63, 3.8) is 0 Å². The van der Waals surface area contributed by atoms with Crippen molar-refractivity contribution < 1.29 is 14.2 Å². The molecule has 0 aliphatic heterocycles. The van der Waals surface area contributed by atoms with Crippen molar-refractivity contribution in [1.29, 1.82) is 0 Å². The van der Waals surface area contributed by atoms with Crippen LogP contribution in [0.2, 0.25) is 0 Å². The summed E-state index contributed by atoms with van der Waals surface area (Å²) in [4.78, 5) is 2.06. The summed E-state index contributed by atoms with van der Waals surface area (Å²) < 4.78 is 18.8. The van der Waals surface area contributed by atoms with Crippen molar-refractivity contribution in [1.82, 2.24) is 4.90 Å². The molecule has 0 bridgehead atoms. The van der Waals surface area contributed by atoms with Crippen LogP contribution in [0.15, 0.2) is 42.0 Å². The third-order valence-corrected chi connectivity index (χ3v) is 3.04. The molecule has 0 spiro atoms. The van der Waals surface area contributed by atoms with E-state index in [2.05, 4.69) is 9.64 Å². The average Bonchev–Trinajstić information content (AvgIpc) is 2.85. The molecule has 1 aliphatic rings. The van der Waals surface area contributed by atoms with Crippen LogP contribution in [0.25, 0.3) is 11.5 Å². The number of nitrogens with zero attached hydrogens (tertiary/aromatic N) is 1. The van der Waals surface area contributed by atoms with Crippen LogP contribution < -0.4 is 10.4 Å². The van der Waals surface area contributed by atoms with Gasteiger partial charge in [-0.15, -0.1) is 0 Å². The van der Waals surface area contributed by atoms with Gasteiger partial charge in [-0.1, -0.05) is 18.2 Å². The largest absolute Gasteiger partial charge is 0.481 e. The van der Waals surface area contributed by atoms with Gasteiger partial charge in [0.25, 0.3) is 5.95 Å². The first-order chi connectivity index (χ1) is 9.51. The van der Waals surface area contributed by atoms with Gasteiger partial charge in [-0.25, -0.2) is 4.39 Å². The number of hydrogen-bond acceptors (Lipinski definition) is 3. The Morgan fingerprint density at radius 3 is 2.65 bits per heavy atom. The standard InChI is InChI=1S/C16H18FNO2/c1-18(2)10-11-4-5-12(8-11)14-7-6-13(9-15(14)17)16(19)20-3/h4-9,19H,10H2,1-3H3/b14-12-,16-13-. The van der Waals surface area contributed by atoms with Crippen LogP contribution in [0.1, 0.15) is 0 Å². The number of halogens is 1. The summed E-state index contributed by atoms with van der Waals surface area (Å²) in [5.74, 6) is -0.667. The van der Waals surface area contributed by atoms with Gasteiger partial charge >= 0.3 is 0 Å². The minimum atomic E-state index is -0.381. The number of benzene rings is 1. The second-order valence-electron chi connectivity index (χ2n) is 4.95. The minimum Gasteiger partial charge on any atom is -0.481 e. The molecule has 0 atom stereocenters. The van der Waals surface area contributed by atoms with Crippen molar-refractivity contribution in [3.8, 4) is 0 Å². The number of likely N-dealkylation sites (N-methyl/N-ethyl adjacent to an activating group) is 1. The zero-order chi connectivity index (χ0) is 14.7. The number of aliphatic hydroxyl groups is 1. The van der Waals surface area contributed by atoms with Crippen LogP contribution in [0.5, 0.6) is 0 Å². The van der Waals surface area contributed by atoms with E-state index in [0.29, 0.717) is 10.4 Å². The molecule has 0 saturated carbocycles. The predicted molar refractivity (Wildman–Crippen MR) is 77.9 cm³/mol. The zero-order valence-corrected chi connectivity index (χ0v) is 11.9. The number of allylic oxidation sites excluding steroid dienone is 2. The van der Waals surface area contributed by atoms with E-state index in [1.54, 1.807) is 12.1 Å². The number of methoxy groups -OCH3 is 1. The fourth-order valence-electron chi connectivity index (χ4n) is 2.12. The molecule has 4 heteroatoms. The highest BCUT2D eigenvalue weighted by molar-refractivity contribution is 5.73. The van der Waals surface area contributed by atoms with Gasteiger partial charge in [-0.05, 0) is 43.5 Å². The molecule has 20 heavy (non-hydrogen) atoms. The van der Waals surface area contributed by atoms with Crippen molar-refractivity contribution in [2.75, 3.05) is 27.7 Å². The van der Waals surface area contributed by atoms with Crippen LogP contribution in [0.4, 0.5) is 4.39 Å². The summed E-state index contributed by atoms with van der Waals surface area (Å²) in [6.45, 7) is 0.817. The number of aliphatic hydroxyl groups excluding tert-OH is 1. The smallest absolute Gasteiger partial charge is 0.284 e. The highest BCUT2D eigenvalue weighted by atomic mass is 19.1. The molecule has 0 unspecified atom stereocenters. The topological polar surface area (TPSA) is 32.7 Å². The first kappa shape index (κ1) is 14.3. The lowest BCUT2D eigenvalue weighted by Gasteiger charge is -2.07. The Hall–Kier alpha value is -2.07. The minimum absolute atomic E-state index is 0.286. The van der Waals surface area contributed by atoms with Gasteiger partial charge < -0.3 is 14.7 Å². The van der Waals surface area contributed by atoms with E-state index in [0.717, 1.165) is 17.7 Å². The summed E-state index contributed by atoms with van der Waals surface area (Å²) in [5.41, 5.74) is 1.97. The second kappa shape index (κ2) is 5.92. The van der Waals surface area contributed by atoms with Crippen molar-refractivity contribution in [2.45, 2.75) is 0 Å². The Morgan fingerprint density at radius 1 is 1.30 bits per heavy atom. The van der Waals surface area contributed by atoms with Crippen molar-refractivity contribution >= 4 is 11.5 Å². The number of ether oxygens (including phenoxy) is 1. The SMILES string of the molecule is CO/C(O)=c1/cc/c(=C2\C=CC(CN(C)C)=C2)c(F)c1. The van der Waals surface area contributed by atoms with Crippen LogP contribution in [0.3, 0.4) is 0 Å². The van der Waals surface area contributed by atoms with E-state index < -0.39 is 0 Å². The van der Waals surface area contributed by atoms with Crippen molar-refractivity contribution in [2.24, 2.45) is 0 Å².